The van der Waals surface area contributed by atoms with E-state index in [0.717, 1.165) is 5.56 Å². The van der Waals surface area contributed by atoms with E-state index in [1.54, 1.807) is 91.5 Å². The number of benzene rings is 3. The highest BCUT2D eigenvalue weighted by molar-refractivity contribution is 6.31. The van der Waals surface area contributed by atoms with Gasteiger partial charge in [0.15, 0.2) is 6.17 Å². The van der Waals surface area contributed by atoms with Gasteiger partial charge in [0.2, 0.25) is 5.91 Å². The Morgan fingerprint density at radius 3 is 2.33 bits per heavy atom. The Bertz CT molecular complexity index is 1500. The number of nitrogens with zero attached hydrogens (tertiary/aromatic N) is 4. The van der Waals surface area contributed by atoms with Crippen LogP contribution in [0.25, 0.3) is 0 Å². The fraction of sp³-hybridized carbons (Fsp3) is 0.267. The van der Waals surface area contributed by atoms with Crippen LogP contribution in [-0.2, 0) is 4.79 Å². The minimum atomic E-state index is -1.12. The molecule has 1 heterocycles. The van der Waals surface area contributed by atoms with Crippen molar-refractivity contribution in [1.29, 1.82) is 0 Å². The lowest BCUT2D eigenvalue weighted by molar-refractivity contribution is -0.121. The maximum atomic E-state index is 13.8. The second kappa shape index (κ2) is 14.1. The van der Waals surface area contributed by atoms with Crippen molar-refractivity contribution < 1.29 is 19.6 Å². The Morgan fingerprint density at radius 1 is 0.977 bits per heavy atom. The third kappa shape index (κ3) is 7.97. The predicted octanol–water partition coefficient (Wildman–Crippen LogP) is 7.24. The quantitative estimate of drug-likeness (QED) is 0.0933. The molecule has 226 valence electrons. The first-order chi connectivity index (χ1) is 20.5. The van der Waals surface area contributed by atoms with E-state index in [0.29, 0.717) is 44.3 Å². The molecule has 1 aliphatic heterocycles. The number of hydroxylamine groups is 2. The maximum absolute atomic E-state index is 13.8. The molecule has 3 aromatic rings. The van der Waals surface area contributed by atoms with E-state index < -0.39 is 23.8 Å². The first-order valence-corrected chi connectivity index (χ1v) is 14.6. The number of nitrogens with one attached hydrogen (secondary N) is 2. The third-order valence-electron chi connectivity index (χ3n) is 6.92. The second-order valence-electron chi connectivity index (χ2n) is 10.4. The van der Waals surface area contributed by atoms with E-state index in [1.165, 1.54) is 11.1 Å². The normalized spacial score (nSPS) is 16.0. The summed E-state index contributed by atoms with van der Waals surface area (Å²) < 4.78 is 0. The number of hydrazone groups is 1. The molecule has 1 saturated heterocycles. The van der Waals surface area contributed by atoms with Crippen LogP contribution < -0.4 is 15.6 Å². The lowest BCUT2D eigenvalue weighted by Gasteiger charge is -2.38. The van der Waals surface area contributed by atoms with Crippen molar-refractivity contribution in [2.75, 3.05) is 16.8 Å². The summed E-state index contributed by atoms with van der Waals surface area (Å²) >= 11 is 18.1. The molecule has 13 heteroatoms. The van der Waals surface area contributed by atoms with Crippen LogP contribution in [0.2, 0.25) is 15.1 Å². The number of carbonyl (C=O) groups excluding carboxylic acids is 3. The van der Waals surface area contributed by atoms with Gasteiger partial charge in [0.1, 0.15) is 0 Å². The molecule has 5 amide bonds. The molecule has 1 unspecified atom stereocenters. The molecule has 0 bridgehead atoms. The number of hydrogen-bond acceptors (Lipinski definition) is 5. The van der Waals surface area contributed by atoms with Crippen molar-refractivity contribution in [2.24, 2.45) is 5.10 Å². The molecule has 4 rings (SSSR count). The molecule has 43 heavy (non-hydrogen) atoms. The van der Waals surface area contributed by atoms with Crippen molar-refractivity contribution in [3.05, 3.63) is 93.4 Å². The van der Waals surface area contributed by atoms with Gasteiger partial charge in [-0.15, -0.1) is 0 Å². The van der Waals surface area contributed by atoms with Crippen LogP contribution in [0.1, 0.15) is 38.7 Å². The summed E-state index contributed by atoms with van der Waals surface area (Å²) in [5.74, 6) is -0.269. The van der Waals surface area contributed by atoms with Gasteiger partial charge in [-0.2, -0.15) is 10.2 Å². The van der Waals surface area contributed by atoms with Crippen LogP contribution in [0.15, 0.2) is 77.9 Å². The molecule has 0 aliphatic carbocycles. The van der Waals surface area contributed by atoms with Gasteiger partial charge < -0.3 is 10.2 Å². The standard InChI is InChI=1S/C30H31Cl3N6O4/c1-30(2)27(39(43)28(41)35-24-9-5-7-22(32)17-24)38(25-10-6-8-23(33)18-25)29(42)37(30)16-4-3-11-26(40)36-34-19-20-12-14-21(31)15-13-20/h5-10,12-15,17-19,27,43H,3-4,11,16H2,1-2H3,(H,35,41)(H,36,40). The van der Waals surface area contributed by atoms with Crippen LogP contribution in [0.4, 0.5) is 21.0 Å². The highest BCUT2D eigenvalue weighted by atomic mass is 35.5. The zero-order valence-corrected chi connectivity index (χ0v) is 25.8. The highest BCUT2D eigenvalue weighted by Gasteiger charge is 2.55. The van der Waals surface area contributed by atoms with Gasteiger partial charge in [0.05, 0.1) is 11.8 Å². The number of unbranched alkanes of at least 4 members (excludes halogenated alkanes) is 1. The summed E-state index contributed by atoms with van der Waals surface area (Å²) in [4.78, 5) is 42.2. The number of carbonyl (C=O) groups is 3. The fourth-order valence-corrected chi connectivity index (χ4v) is 5.30. The average Bonchev–Trinajstić information content (AvgIpc) is 3.16. The van der Waals surface area contributed by atoms with E-state index in [2.05, 4.69) is 15.8 Å². The Labute approximate surface area is 264 Å². The van der Waals surface area contributed by atoms with Gasteiger partial charge in [-0.1, -0.05) is 59.1 Å². The number of hydrogen-bond donors (Lipinski definition) is 3. The topological polar surface area (TPSA) is 118 Å². The van der Waals surface area contributed by atoms with Gasteiger partial charge in [-0.25, -0.2) is 15.0 Å². The van der Waals surface area contributed by atoms with Gasteiger partial charge in [-0.05, 0) is 80.8 Å². The fourth-order valence-electron chi connectivity index (χ4n) is 4.80. The van der Waals surface area contributed by atoms with Crippen molar-refractivity contribution in [3.63, 3.8) is 0 Å². The molecule has 0 spiro atoms. The number of amides is 5. The summed E-state index contributed by atoms with van der Waals surface area (Å²) in [5, 5.41) is 19.7. The van der Waals surface area contributed by atoms with Crippen LogP contribution in [-0.4, -0.2) is 57.6 Å². The smallest absolute Gasteiger partial charge is 0.315 e. The van der Waals surface area contributed by atoms with Gasteiger partial charge >= 0.3 is 12.1 Å². The monoisotopic (exact) mass is 644 g/mol. The van der Waals surface area contributed by atoms with Crippen LogP contribution in [0.5, 0.6) is 0 Å². The first-order valence-electron chi connectivity index (χ1n) is 13.5. The van der Waals surface area contributed by atoms with Crippen LogP contribution in [0.3, 0.4) is 0 Å². The van der Waals surface area contributed by atoms with Gasteiger partial charge in [-0.3, -0.25) is 14.9 Å². The largest absolute Gasteiger partial charge is 0.347 e. The number of rotatable bonds is 10. The highest BCUT2D eigenvalue weighted by Crippen LogP contribution is 2.39. The molecule has 3 aromatic carbocycles. The molecular formula is C30H31Cl3N6O4. The molecule has 3 N–H and O–H groups in total. The average molecular weight is 646 g/mol. The third-order valence-corrected chi connectivity index (χ3v) is 7.64. The zero-order chi connectivity index (χ0) is 31.1. The minimum absolute atomic E-state index is 0.190. The zero-order valence-electron chi connectivity index (χ0n) is 23.5. The molecule has 0 saturated carbocycles. The van der Waals surface area contributed by atoms with Gasteiger partial charge in [0.25, 0.3) is 0 Å². The number of anilines is 2. The Balaban J connectivity index is 1.43. The van der Waals surface area contributed by atoms with E-state index in [1.807, 2.05) is 0 Å². The lowest BCUT2D eigenvalue weighted by Crippen LogP contribution is -2.58. The molecule has 10 nitrogen and oxygen atoms in total. The van der Waals surface area contributed by atoms with E-state index in [-0.39, 0.29) is 18.9 Å². The number of halogens is 3. The summed E-state index contributed by atoms with van der Waals surface area (Å²) in [7, 11) is 0. The lowest BCUT2D eigenvalue weighted by atomic mass is 9.99. The molecule has 1 atom stereocenters. The van der Waals surface area contributed by atoms with E-state index in [9.17, 15) is 19.6 Å². The summed E-state index contributed by atoms with van der Waals surface area (Å²) in [6.45, 7) is 3.78. The SMILES string of the molecule is CC1(C)C(N(O)C(=O)Nc2cccc(Cl)c2)N(c2cccc(Cl)c2)C(=O)N1CCCCC(=O)NN=Cc1ccc(Cl)cc1. The molecular weight excluding hydrogens is 615 g/mol. The summed E-state index contributed by atoms with van der Waals surface area (Å²) in [5.41, 5.74) is 3.02. The maximum Gasteiger partial charge on any atom is 0.347 e. The molecule has 0 aromatic heterocycles. The van der Waals surface area contributed by atoms with E-state index in [4.69, 9.17) is 34.8 Å². The summed E-state index contributed by atoms with van der Waals surface area (Å²) in [6.07, 6.45) is 1.55. The van der Waals surface area contributed by atoms with Crippen LogP contribution >= 0.6 is 34.8 Å². The molecule has 1 aliphatic rings. The molecule has 0 radical (unpaired) electrons. The molecule has 1 fully saturated rings. The van der Waals surface area contributed by atoms with Gasteiger partial charge in [0, 0.05) is 39.4 Å². The first kappa shape index (κ1) is 32.1. The van der Waals surface area contributed by atoms with E-state index >= 15 is 0 Å². The van der Waals surface area contributed by atoms with Crippen LogP contribution in [0, 0.1) is 0 Å². The van der Waals surface area contributed by atoms with Crippen molar-refractivity contribution >= 4 is 70.4 Å². The Hall–Kier alpha value is -3.83. The minimum Gasteiger partial charge on any atom is -0.315 e. The Kier molecular flexibility index (Phi) is 10.5. The van der Waals surface area contributed by atoms with Crippen molar-refractivity contribution in [1.82, 2.24) is 15.4 Å². The number of urea groups is 2. The second-order valence-corrected chi connectivity index (χ2v) is 11.7. The Morgan fingerprint density at radius 2 is 1.65 bits per heavy atom. The summed E-state index contributed by atoms with van der Waals surface area (Å²) in [6, 6.07) is 18.8. The predicted molar refractivity (Wildman–Crippen MR) is 169 cm³/mol. The van der Waals surface area contributed by atoms with Crippen molar-refractivity contribution in [2.45, 2.75) is 44.8 Å². The van der Waals surface area contributed by atoms with Crippen molar-refractivity contribution in [3.8, 4) is 0 Å².